The molecule has 0 aliphatic heterocycles. The van der Waals surface area contributed by atoms with Crippen LogP contribution in [0.5, 0.6) is 0 Å². The van der Waals surface area contributed by atoms with Crippen molar-refractivity contribution in [3.8, 4) is 0 Å². The molecule has 3 rings (SSSR count). The van der Waals surface area contributed by atoms with Crippen molar-refractivity contribution in [1.29, 1.82) is 0 Å². The fraction of sp³-hybridized carbons (Fsp3) is 0.529. The molecule has 4 heteroatoms. The van der Waals surface area contributed by atoms with E-state index in [2.05, 4.69) is 0 Å². The molecule has 0 N–H and O–H groups in total. The summed E-state index contributed by atoms with van der Waals surface area (Å²) in [7, 11) is 0. The van der Waals surface area contributed by atoms with Gasteiger partial charge in [-0.3, -0.25) is 9.59 Å². The molecule has 2 aliphatic rings. The van der Waals surface area contributed by atoms with Crippen LogP contribution in [0, 0.1) is 11.3 Å². The maximum Gasteiger partial charge on any atom is 0.154 e. The minimum Gasteiger partial charge on any atom is -0.298 e. The zero-order valence-corrected chi connectivity index (χ0v) is 13.5. The first kappa shape index (κ1) is 15.1. The van der Waals surface area contributed by atoms with Crippen LogP contribution in [0.1, 0.15) is 50.5 Å². The molecule has 2 atom stereocenters. The predicted molar refractivity (Wildman–Crippen MR) is 83.9 cm³/mol. The highest BCUT2D eigenvalue weighted by Gasteiger charge is 2.58. The number of hydrogen-bond donors (Lipinski definition) is 0. The number of ketones is 2. The smallest absolute Gasteiger partial charge is 0.154 e. The molecule has 2 saturated carbocycles. The normalized spacial score (nSPS) is 28.3. The minimum atomic E-state index is -0.745. The summed E-state index contributed by atoms with van der Waals surface area (Å²) in [4.78, 5) is 25.8. The molecule has 0 aromatic heterocycles. The van der Waals surface area contributed by atoms with Gasteiger partial charge in [0.1, 0.15) is 5.78 Å². The van der Waals surface area contributed by atoms with Crippen LogP contribution in [0.25, 0.3) is 0 Å². The number of hydrogen-bond acceptors (Lipinski definition) is 2. The van der Waals surface area contributed by atoms with E-state index in [1.807, 2.05) is 6.92 Å². The minimum absolute atomic E-state index is 0.0731. The number of carbonyl (C=O) groups excluding carboxylic acids is 2. The second-order valence-electron chi connectivity index (χ2n) is 6.30. The summed E-state index contributed by atoms with van der Waals surface area (Å²) in [5, 5.41) is 1.02. The zero-order valence-electron chi connectivity index (χ0n) is 12.0. The van der Waals surface area contributed by atoms with E-state index in [4.69, 9.17) is 23.2 Å². The van der Waals surface area contributed by atoms with E-state index in [1.165, 1.54) is 0 Å². The Kier molecular flexibility index (Phi) is 3.87. The highest BCUT2D eigenvalue weighted by molar-refractivity contribution is 6.35. The van der Waals surface area contributed by atoms with Gasteiger partial charge in [-0.15, -0.1) is 0 Å². The predicted octanol–water partition coefficient (Wildman–Crippen LogP) is 4.82. The van der Waals surface area contributed by atoms with Crippen molar-refractivity contribution in [2.24, 2.45) is 11.3 Å². The molecular weight excluding hydrogens is 307 g/mol. The van der Waals surface area contributed by atoms with Gasteiger partial charge in [0, 0.05) is 16.0 Å². The summed E-state index contributed by atoms with van der Waals surface area (Å²) in [6.07, 6.45) is 4.45. The molecule has 0 radical (unpaired) electrons. The quantitative estimate of drug-likeness (QED) is 0.694. The van der Waals surface area contributed by atoms with Gasteiger partial charge in [-0.1, -0.05) is 55.5 Å². The van der Waals surface area contributed by atoms with Gasteiger partial charge in [0.25, 0.3) is 0 Å². The van der Waals surface area contributed by atoms with Gasteiger partial charge >= 0.3 is 0 Å². The lowest BCUT2D eigenvalue weighted by Crippen LogP contribution is -2.36. The van der Waals surface area contributed by atoms with Crippen LogP contribution in [-0.2, 0) is 9.59 Å². The van der Waals surface area contributed by atoms with Crippen LogP contribution in [-0.4, -0.2) is 11.6 Å². The van der Waals surface area contributed by atoms with Crippen molar-refractivity contribution in [1.82, 2.24) is 0 Å². The summed E-state index contributed by atoms with van der Waals surface area (Å²) in [6, 6.07) is 5.17. The average Bonchev–Trinajstić information content (AvgIpc) is 2.64. The van der Waals surface area contributed by atoms with E-state index in [0.29, 0.717) is 22.9 Å². The van der Waals surface area contributed by atoms with Crippen molar-refractivity contribution < 1.29 is 9.59 Å². The summed E-state index contributed by atoms with van der Waals surface area (Å²) in [6.45, 7) is 1.86. The van der Waals surface area contributed by atoms with Crippen LogP contribution in [0.15, 0.2) is 18.2 Å². The van der Waals surface area contributed by atoms with E-state index in [1.54, 1.807) is 18.2 Å². The number of carbonyl (C=O) groups is 2. The molecule has 0 heterocycles. The number of halogens is 2. The van der Waals surface area contributed by atoms with Crippen molar-refractivity contribution in [3.05, 3.63) is 33.8 Å². The van der Waals surface area contributed by atoms with Gasteiger partial charge in [-0.05, 0) is 30.5 Å². The summed E-state index contributed by atoms with van der Waals surface area (Å²) >= 11 is 12.2. The monoisotopic (exact) mass is 324 g/mol. The molecule has 0 saturated heterocycles. The maximum atomic E-state index is 13.0. The SMILES string of the molecule is C[C@@H]1C(=O)C2(CCCCC2)C(=O)[C@H]1c1ccc(Cl)cc1Cl. The lowest BCUT2D eigenvalue weighted by Gasteiger charge is -2.30. The number of Topliss-reactive ketones (excluding diaryl/α,β-unsaturated/α-hetero) is 2. The Labute approximate surface area is 134 Å². The standard InChI is InChI=1S/C17H18Cl2O2/c1-10-14(12-6-5-11(18)9-13(12)19)16(21)17(15(10)20)7-3-2-4-8-17/h5-6,9-10,14H,2-4,7-8H2,1H3/t10-,14+/m0/s1. The Morgan fingerprint density at radius 2 is 1.71 bits per heavy atom. The highest BCUT2D eigenvalue weighted by atomic mass is 35.5. The third kappa shape index (κ3) is 2.24. The number of benzene rings is 1. The molecule has 112 valence electrons. The van der Waals surface area contributed by atoms with Crippen LogP contribution >= 0.6 is 23.2 Å². The fourth-order valence-corrected chi connectivity index (χ4v) is 4.57. The molecule has 1 spiro atoms. The Hall–Kier alpha value is -0.860. The highest BCUT2D eigenvalue weighted by Crippen LogP contribution is 2.52. The fourth-order valence-electron chi connectivity index (χ4n) is 4.05. The summed E-state index contributed by atoms with van der Waals surface area (Å²) in [5.74, 6) is -0.526. The first-order valence-corrected chi connectivity index (χ1v) is 8.26. The van der Waals surface area contributed by atoms with Gasteiger partial charge in [0.15, 0.2) is 5.78 Å². The molecular formula is C17H18Cl2O2. The lowest BCUT2D eigenvalue weighted by atomic mass is 9.70. The van der Waals surface area contributed by atoms with Crippen molar-refractivity contribution in [2.75, 3.05) is 0 Å². The van der Waals surface area contributed by atoms with Crippen molar-refractivity contribution in [3.63, 3.8) is 0 Å². The van der Waals surface area contributed by atoms with E-state index in [0.717, 1.165) is 24.8 Å². The second kappa shape index (κ2) is 5.40. The van der Waals surface area contributed by atoms with Crippen molar-refractivity contribution >= 4 is 34.8 Å². The first-order valence-electron chi connectivity index (χ1n) is 7.51. The van der Waals surface area contributed by atoms with Gasteiger partial charge in [0.2, 0.25) is 0 Å². The molecule has 1 aromatic carbocycles. The Morgan fingerprint density at radius 1 is 1.05 bits per heavy atom. The first-order chi connectivity index (χ1) is 9.97. The summed E-state index contributed by atoms with van der Waals surface area (Å²) < 4.78 is 0. The Balaban J connectivity index is 2.04. The van der Waals surface area contributed by atoms with Gasteiger partial charge in [0.05, 0.1) is 11.3 Å². The van der Waals surface area contributed by atoms with E-state index >= 15 is 0 Å². The van der Waals surface area contributed by atoms with Crippen LogP contribution in [0.4, 0.5) is 0 Å². The van der Waals surface area contributed by atoms with Gasteiger partial charge in [-0.2, -0.15) is 0 Å². The summed E-state index contributed by atoms with van der Waals surface area (Å²) in [5.41, 5.74) is 0.0000388. The third-order valence-corrected chi connectivity index (χ3v) is 5.71. The lowest BCUT2D eigenvalue weighted by molar-refractivity contribution is -0.138. The van der Waals surface area contributed by atoms with Gasteiger partial charge < -0.3 is 0 Å². The average molecular weight is 325 g/mol. The zero-order chi connectivity index (χ0) is 15.2. The van der Waals surface area contributed by atoms with Gasteiger partial charge in [-0.25, -0.2) is 0 Å². The van der Waals surface area contributed by atoms with Crippen LogP contribution < -0.4 is 0 Å². The van der Waals surface area contributed by atoms with E-state index in [9.17, 15) is 9.59 Å². The maximum absolute atomic E-state index is 13.0. The Morgan fingerprint density at radius 3 is 2.33 bits per heavy atom. The number of rotatable bonds is 1. The second-order valence-corrected chi connectivity index (χ2v) is 7.15. The van der Waals surface area contributed by atoms with Crippen molar-refractivity contribution in [2.45, 2.75) is 44.9 Å². The van der Waals surface area contributed by atoms with Crippen LogP contribution in [0.2, 0.25) is 10.0 Å². The third-order valence-electron chi connectivity index (χ3n) is 5.14. The molecule has 0 amide bonds. The van der Waals surface area contributed by atoms with E-state index in [-0.39, 0.29) is 17.5 Å². The molecule has 2 aliphatic carbocycles. The molecule has 2 fully saturated rings. The molecule has 0 bridgehead atoms. The molecule has 1 aromatic rings. The molecule has 0 unspecified atom stereocenters. The molecule has 21 heavy (non-hydrogen) atoms. The Bertz CT molecular complexity index is 603. The van der Waals surface area contributed by atoms with Crippen LogP contribution in [0.3, 0.4) is 0 Å². The topological polar surface area (TPSA) is 34.1 Å². The van der Waals surface area contributed by atoms with E-state index < -0.39 is 11.3 Å². The largest absolute Gasteiger partial charge is 0.298 e. The molecule has 2 nitrogen and oxygen atoms in total.